The lowest BCUT2D eigenvalue weighted by Gasteiger charge is -2.12. The highest BCUT2D eigenvalue weighted by Crippen LogP contribution is 2.29. The summed E-state index contributed by atoms with van der Waals surface area (Å²) in [7, 11) is 1.50. The van der Waals surface area contributed by atoms with Gasteiger partial charge in [0.1, 0.15) is 5.75 Å². The van der Waals surface area contributed by atoms with Crippen LogP contribution in [0, 0.1) is 0 Å². The summed E-state index contributed by atoms with van der Waals surface area (Å²) in [4.78, 5) is 23.5. The largest absolute Gasteiger partial charge is 0.495 e. The van der Waals surface area contributed by atoms with E-state index in [2.05, 4.69) is 10.6 Å². The van der Waals surface area contributed by atoms with Gasteiger partial charge in [0, 0.05) is 22.7 Å². The van der Waals surface area contributed by atoms with E-state index >= 15 is 0 Å². The molecule has 0 aliphatic rings. The van der Waals surface area contributed by atoms with Crippen LogP contribution in [-0.4, -0.2) is 18.9 Å². The molecule has 2 N–H and O–H groups in total. The number of hydrogen-bond donors (Lipinski definition) is 2. The van der Waals surface area contributed by atoms with Crippen LogP contribution in [0.25, 0.3) is 0 Å². The van der Waals surface area contributed by atoms with Gasteiger partial charge in [0.05, 0.1) is 19.2 Å². The van der Waals surface area contributed by atoms with Gasteiger partial charge in [0.15, 0.2) is 0 Å². The Hall–Kier alpha value is -2.24. The van der Waals surface area contributed by atoms with E-state index in [1.807, 2.05) is 0 Å². The van der Waals surface area contributed by atoms with Gasteiger partial charge >= 0.3 is 0 Å². The Morgan fingerprint density at radius 2 is 1.75 bits per heavy atom. The Morgan fingerprint density at radius 1 is 1.08 bits per heavy atom. The zero-order chi connectivity index (χ0) is 17.7. The van der Waals surface area contributed by atoms with E-state index in [9.17, 15) is 9.59 Å². The van der Waals surface area contributed by atoms with Crippen LogP contribution in [0.2, 0.25) is 10.0 Å². The molecule has 0 saturated carbocycles. The summed E-state index contributed by atoms with van der Waals surface area (Å²) in [5.74, 6) is -0.0130. The summed E-state index contributed by atoms with van der Waals surface area (Å²) in [6, 6.07) is 10.0. The van der Waals surface area contributed by atoms with Crippen molar-refractivity contribution in [1.82, 2.24) is 0 Å². The van der Waals surface area contributed by atoms with Gasteiger partial charge < -0.3 is 15.4 Å². The van der Waals surface area contributed by atoms with Gasteiger partial charge in [-0.3, -0.25) is 9.59 Å². The van der Waals surface area contributed by atoms with E-state index in [0.29, 0.717) is 32.7 Å². The van der Waals surface area contributed by atoms with Gasteiger partial charge in [-0.25, -0.2) is 0 Å². The second kappa shape index (κ2) is 8.04. The minimum Gasteiger partial charge on any atom is -0.495 e. The molecule has 2 aromatic carbocycles. The molecule has 0 spiro atoms. The van der Waals surface area contributed by atoms with Crippen molar-refractivity contribution in [2.24, 2.45) is 0 Å². The summed E-state index contributed by atoms with van der Waals surface area (Å²) in [6.45, 7) is 1.39. The van der Waals surface area contributed by atoms with Crippen molar-refractivity contribution in [3.05, 3.63) is 52.0 Å². The molecule has 0 aromatic heterocycles. The first kappa shape index (κ1) is 18.1. The lowest BCUT2D eigenvalue weighted by molar-refractivity contribution is -0.115. The fourth-order valence-corrected chi connectivity index (χ4v) is 2.67. The Bertz CT molecular complexity index is 758. The number of amides is 2. The van der Waals surface area contributed by atoms with Crippen LogP contribution in [0.3, 0.4) is 0 Å². The van der Waals surface area contributed by atoms with Crippen molar-refractivity contribution in [3.8, 4) is 5.75 Å². The lowest BCUT2D eigenvalue weighted by Crippen LogP contribution is -2.15. The van der Waals surface area contributed by atoms with Crippen LogP contribution < -0.4 is 15.4 Å². The fourth-order valence-electron chi connectivity index (χ4n) is 2.14. The van der Waals surface area contributed by atoms with Gasteiger partial charge in [0.25, 0.3) is 0 Å². The molecular formula is C17H16Cl2N2O3. The van der Waals surface area contributed by atoms with Crippen molar-refractivity contribution in [1.29, 1.82) is 0 Å². The van der Waals surface area contributed by atoms with Crippen LogP contribution in [0.5, 0.6) is 5.75 Å². The Morgan fingerprint density at radius 3 is 2.33 bits per heavy atom. The number of ether oxygens (including phenoxy) is 1. The Balaban J connectivity index is 2.15. The SMILES string of the molecule is COc1ccc(NC(=O)Cc2c(Cl)cccc2Cl)cc1NC(C)=O. The molecule has 24 heavy (non-hydrogen) atoms. The molecule has 2 rings (SSSR count). The topological polar surface area (TPSA) is 67.4 Å². The summed E-state index contributed by atoms with van der Waals surface area (Å²) in [6.07, 6.45) is 0.0417. The summed E-state index contributed by atoms with van der Waals surface area (Å²) in [5, 5.41) is 6.27. The van der Waals surface area contributed by atoms with E-state index in [-0.39, 0.29) is 18.2 Å². The number of carbonyl (C=O) groups is 2. The normalized spacial score (nSPS) is 10.2. The zero-order valence-electron chi connectivity index (χ0n) is 13.2. The number of carbonyl (C=O) groups excluding carboxylic acids is 2. The highest BCUT2D eigenvalue weighted by atomic mass is 35.5. The molecule has 2 aromatic rings. The zero-order valence-corrected chi connectivity index (χ0v) is 14.7. The number of halogens is 2. The van der Waals surface area contributed by atoms with E-state index in [1.54, 1.807) is 36.4 Å². The highest BCUT2D eigenvalue weighted by molar-refractivity contribution is 6.36. The molecular weight excluding hydrogens is 351 g/mol. The number of benzene rings is 2. The third kappa shape index (κ3) is 4.63. The smallest absolute Gasteiger partial charge is 0.228 e. The van der Waals surface area contributed by atoms with Crippen LogP contribution >= 0.6 is 23.2 Å². The lowest BCUT2D eigenvalue weighted by atomic mass is 10.1. The molecule has 2 amide bonds. The predicted molar refractivity (Wildman–Crippen MR) is 96.1 cm³/mol. The second-order valence-electron chi connectivity index (χ2n) is 5.02. The van der Waals surface area contributed by atoms with E-state index in [4.69, 9.17) is 27.9 Å². The van der Waals surface area contributed by atoms with Crippen molar-refractivity contribution >= 4 is 46.4 Å². The predicted octanol–water partition coefficient (Wildman–Crippen LogP) is 4.14. The van der Waals surface area contributed by atoms with E-state index < -0.39 is 0 Å². The first-order chi connectivity index (χ1) is 11.4. The van der Waals surface area contributed by atoms with Crippen LogP contribution in [0.15, 0.2) is 36.4 Å². The third-order valence-electron chi connectivity index (χ3n) is 3.19. The molecule has 0 heterocycles. The number of anilines is 2. The molecule has 0 unspecified atom stereocenters. The van der Waals surface area contributed by atoms with Gasteiger partial charge in [-0.15, -0.1) is 0 Å². The van der Waals surface area contributed by atoms with Crippen molar-refractivity contribution in [3.63, 3.8) is 0 Å². The quantitative estimate of drug-likeness (QED) is 0.835. The molecule has 7 heteroatoms. The molecule has 0 aliphatic heterocycles. The standard InChI is InChI=1S/C17H16Cl2N2O3/c1-10(22)20-15-8-11(6-7-16(15)24-2)21-17(23)9-12-13(18)4-3-5-14(12)19/h3-8H,9H2,1-2H3,(H,20,22)(H,21,23). The molecule has 0 aliphatic carbocycles. The van der Waals surface area contributed by atoms with Crippen molar-refractivity contribution in [2.75, 3.05) is 17.7 Å². The average molecular weight is 367 g/mol. The molecule has 0 atom stereocenters. The number of rotatable bonds is 5. The Kier molecular flexibility index (Phi) is 6.06. The van der Waals surface area contributed by atoms with E-state index in [0.717, 1.165) is 0 Å². The van der Waals surface area contributed by atoms with Gasteiger partial charge in [-0.2, -0.15) is 0 Å². The van der Waals surface area contributed by atoms with Crippen molar-refractivity contribution in [2.45, 2.75) is 13.3 Å². The van der Waals surface area contributed by atoms with Crippen molar-refractivity contribution < 1.29 is 14.3 Å². The monoisotopic (exact) mass is 366 g/mol. The molecule has 5 nitrogen and oxygen atoms in total. The summed E-state index contributed by atoms with van der Waals surface area (Å²) in [5.41, 5.74) is 1.56. The maximum atomic E-state index is 12.2. The minimum absolute atomic E-state index is 0.0417. The second-order valence-corrected chi connectivity index (χ2v) is 5.84. The molecule has 0 fully saturated rings. The number of hydrogen-bond acceptors (Lipinski definition) is 3. The minimum atomic E-state index is -0.274. The molecule has 126 valence electrons. The average Bonchev–Trinajstić information content (AvgIpc) is 2.51. The van der Waals surface area contributed by atoms with Crippen LogP contribution in [0.4, 0.5) is 11.4 Å². The third-order valence-corrected chi connectivity index (χ3v) is 3.90. The fraction of sp³-hybridized carbons (Fsp3) is 0.176. The first-order valence-electron chi connectivity index (χ1n) is 7.09. The van der Waals surface area contributed by atoms with E-state index in [1.165, 1.54) is 14.0 Å². The van der Waals surface area contributed by atoms with Gasteiger partial charge in [-0.05, 0) is 35.9 Å². The Labute approximate surface area is 149 Å². The maximum absolute atomic E-state index is 12.2. The number of methoxy groups -OCH3 is 1. The van der Waals surface area contributed by atoms with Gasteiger partial charge in [0.2, 0.25) is 11.8 Å². The molecule has 0 bridgehead atoms. The number of nitrogens with one attached hydrogen (secondary N) is 2. The van der Waals surface area contributed by atoms with Crippen LogP contribution in [0.1, 0.15) is 12.5 Å². The maximum Gasteiger partial charge on any atom is 0.228 e. The molecule has 0 saturated heterocycles. The summed E-state index contributed by atoms with van der Waals surface area (Å²) >= 11 is 12.1. The van der Waals surface area contributed by atoms with Crippen LogP contribution in [-0.2, 0) is 16.0 Å². The van der Waals surface area contributed by atoms with Gasteiger partial charge in [-0.1, -0.05) is 29.3 Å². The summed E-state index contributed by atoms with van der Waals surface area (Å²) < 4.78 is 5.17. The highest BCUT2D eigenvalue weighted by Gasteiger charge is 2.12. The first-order valence-corrected chi connectivity index (χ1v) is 7.84. The molecule has 0 radical (unpaired) electrons.